The normalized spacial score (nSPS) is 11.1. The van der Waals surface area contributed by atoms with Gasteiger partial charge in [-0.25, -0.2) is 4.79 Å². The van der Waals surface area contributed by atoms with Gasteiger partial charge in [-0.1, -0.05) is 48.5 Å². The van der Waals surface area contributed by atoms with Gasteiger partial charge >= 0.3 is 13.7 Å². The molecule has 0 spiro atoms. The van der Waals surface area contributed by atoms with Crippen molar-refractivity contribution in [2.75, 3.05) is 37.7 Å². The van der Waals surface area contributed by atoms with E-state index in [2.05, 4.69) is 5.32 Å². The highest BCUT2D eigenvalue weighted by atomic mass is 31.2. The SMILES string of the molecule is CCOP(=O)(CN(Cc1ccc(C(=O)Nc2cc(-c3ccccc3)ccc2N)cc1)C(=O)OC)OCC. The fourth-order valence-corrected chi connectivity index (χ4v) is 5.33. The van der Waals surface area contributed by atoms with Crippen molar-refractivity contribution in [2.45, 2.75) is 20.4 Å². The van der Waals surface area contributed by atoms with Crippen LogP contribution in [0.15, 0.2) is 72.8 Å². The van der Waals surface area contributed by atoms with Crippen molar-refractivity contribution in [3.05, 3.63) is 83.9 Å². The van der Waals surface area contributed by atoms with Gasteiger partial charge in [0.05, 0.1) is 31.7 Å². The summed E-state index contributed by atoms with van der Waals surface area (Å²) < 4.78 is 28.4. The Bertz CT molecular complexity index is 1240. The summed E-state index contributed by atoms with van der Waals surface area (Å²) in [5, 5.41) is 2.86. The van der Waals surface area contributed by atoms with Gasteiger partial charge in [-0.15, -0.1) is 0 Å². The quantitative estimate of drug-likeness (QED) is 0.233. The van der Waals surface area contributed by atoms with Crippen LogP contribution in [0.2, 0.25) is 0 Å². The highest BCUT2D eigenvalue weighted by Gasteiger charge is 2.30. The molecule has 3 aromatic carbocycles. The average molecular weight is 526 g/mol. The lowest BCUT2D eigenvalue weighted by Crippen LogP contribution is -2.32. The number of hydrogen-bond acceptors (Lipinski definition) is 7. The Labute approximate surface area is 217 Å². The van der Waals surface area contributed by atoms with Crippen LogP contribution >= 0.6 is 7.60 Å². The van der Waals surface area contributed by atoms with Gasteiger partial charge in [0.2, 0.25) is 0 Å². The van der Waals surface area contributed by atoms with E-state index in [1.807, 2.05) is 42.5 Å². The molecule has 10 heteroatoms. The summed E-state index contributed by atoms with van der Waals surface area (Å²) in [5.41, 5.74) is 10.1. The molecule has 0 unspecified atom stereocenters. The minimum atomic E-state index is -3.53. The van der Waals surface area contributed by atoms with Crippen LogP contribution < -0.4 is 11.1 Å². The molecular weight excluding hydrogens is 493 g/mol. The zero-order valence-electron chi connectivity index (χ0n) is 21.2. The number of nitrogens with two attached hydrogens (primary N) is 1. The lowest BCUT2D eigenvalue weighted by molar-refractivity contribution is 0.102. The number of benzene rings is 3. The lowest BCUT2D eigenvalue weighted by atomic mass is 10.0. The summed E-state index contributed by atoms with van der Waals surface area (Å²) in [5.74, 6) is -0.328. The fraction of sp³-hybridized carbons (Fsp3) is 0.259. The molecule has 2 amide bonds. The summed E-state index contributed by atoms with van der Waals surface area (Å²) in [7, 11) is -2.28. The second-order valence-electron chi connectivity index (χ2n) is 8.07. The van der Waals surface area contributed by atoms with Crippen LogP contribution in [0.4, 0.5) is 16.2 Å². The number of rotatable bonds is 11. The number of carbonyl (C=O) groups is 2. The molecule has 0 radical (unpaired) electrons. The van der Waals surface area contributed by atoms with Crippen molar-refractivity contribution in [1.29, 1.82) is 0 Å². The van der Waals surface area contributed by atoms with Crippen LogP contribution in [0, 0.1) is 0 Å². The van der Waals surface area contributed by atoms with E-state index in [9.17, 15) is 14.2 Å². The molecule has 0 bridgehead atoms. The van der Waals surface area contributed by atoms with E-state index >= 15 is 0 Å². The van der Waals surface area contributed by atoms with Crippen LogP contribution in [0.25, 0.3) is 11.1 Å². The Balaban J connectivity index is 1.73. The van der Waals surface area contributed by atoms with Gasteiger partial charge in [-0.2, -0.15) is 0 Å². The molecule has 0 aliphatic heterocycles. The Kier molecular flexibility index (Phi) is 9.85. The second-order valence-corrected chi connectivity index (χ2v) is 10.1. The van der Waals surface area contributed by atoms with E-state index in [0.29, 0.717) is 22.5 Å². The van der Waals surface area contributed by atoms with Crippen molar-refractivity contribution in [2.24, 2.45) is 0 Å². The maximum Gasteiger partial charge on any atom is 0.410 e. The van der Waals surface area contributed by atoms with Crippen molar-refractivity contribution in [1.82, 2.24) is 4.90 Å². The standard InChI is InChI=1S/C27H32N3O6P/c1-4-35-37(33,36-5-2)19-30(27(32)34-3)18-20-11-13-22(14-12-20)26(31)29-25-17-23(15-16-24(25)28)21-9-7-6-8-10-21/h6-17H,4-5,18-19,28H2,1-3H3,(H,29,31). The number of anilines is 2. The Morgan fingerprint density at radius 1 is 0.919 bits per heavy atom. The third-order valence-corrected chi connectivity index (χ3v) is 7.42. The first kappa shape index (κ1) is 27.9. The molecule has 3 rings (SSSR count). The van der Waals surface area contributed by atoms with Crippen molar-refractivity contribution >= 4 is 31.0 Å². The lowest BCUT2D eigenvalue weighted by Gasteiger charge is -2.26. The van der Waals surface area contributed by atoms with E-state index in [1.54, 1.807) is 44.2 Å². The number of nitrogens with one attached hydrogen (secondary N) is 1. The Morgan fingerprint density at radius 2 is 1.57 bits per heavy atom. The molecule has 0 aliphatic carbocycles. The molecule has 0 aliphatic rings. The van der Waals surface area contributed by atoms with Gasteiger partial charge in [0.15, 0.2) is 0 Å². The van der Waals surface area contributed by atoms with Gasteiger partial charge in [-0.3, -0.25) is 14.3 Å². The molecule has 3 N–H and O–H groups in total. The first-order chi connectivity index (χ1) is 17.8. The number of nitrogens with zero attached hydrogens (tertiary/aromatic N) is 1. The first-order valence-corrected chi connectivity index (χ1v) is 13.6. The minimum Gasteiger partial charge on any atom is -0.453 e. The third-order valence-electron chi connectivity index (χ3n) is 5.43. The van der Waals surface area contributed by atoms with Crippen LogP contribution in [0.1, 0.15) is 29.8 Å². The van der Waals surface area contributed by atoms with Gasteiger partial charge in [0.25, 0.3) is 5.91 Å². The summed E-state index contributed by atoms with van der Waals surface area (Å²) >= 11 is 0. The van der Waals surface area contributed by atoms with E-state index in [4.69, 9.17) is 19.5 Å². The number of carbonyl (C=O) groups excluding carboxylic acids is 2. The van der Waals surface area contributed by atoms with E-state index in [0.717, 1.165) is 11.1 Å². The van der Waals surface area contributed by atoms with Crippen molar-refractivity contribution in [3.63, 3.8) is 0 Å². The Hall–Kier alpha value is -3.65. The summed E-state index contributed by atoms with van der Waals surface area (Å²) in [6, 6.07) is 22.0. The van der Waals surface area contributed by atoms with E-state index in [1.165, 1.54) is 12.0 Å². The van der Waals surface area contributed by atoms with Gasteiger partial charge < -0.3 is 24.8 Å². The maximum absolute atomic E-state index is 12.9. The van der Waals surface area contributed by atoms with Crippen molar-refractivity contribution < 1.29 is 27.9 Å². The average Bonchev–Trinajstić information content (AvgIpc) is 2.90. The molecule has 0 aromatic heterocycles. The zero-order valence-corrected chi connectivity index (χ0v) is 22.1. The summed E-state index contributed by atoms with van der Waals surface area (Å²) in [6.07, 6.45) is -0.934. The smallest absolute Gasteiger partial charge is 0.410 e. The monoisotopic (exact) mass is 525 g/mol. The van der Waals surface area contributed by atoms with Crippen molar-refractivity contribution in [3.8, 4) is 11.1 Å². The second kappa shape index (κ2) is 13.1. The molecule has 0 saturated carbocycles. The molecule has 37 heavy (non-hydrogen) atoms. The summed E-state index contributed by atoms with van der Waals surface area (Å²) in [6.45, 7) is 3.83. The predicted molar refractivity (Wildman–Crippen MR) is 144 cm³/mol. The number of ether oxygens (including phenoxy) is 1. The van der Waals surface area contributed by atoms with Crippen LogP contribution in [0.5, 0.6) is 0 Å². The summed E-state index contributed by atoms with van der Waals surface area (Å²) in [4.78, 5) is 26.5. The molecule has 196 valence electrons. The van der Waals surface area contributed by atoms with Gasteiger partial charge in [-0.05, 0) is 54.8 Å². The van der Waals surface area contributed by atoms with Crippen LogP contribution in [0.3, 0.4) is 0 Å². The molecule has 9 nitrogen and oxygen atoms in total. The highest BCUT2D eigenvalue weighted by molar-refractivity contribution is 7.53. The maximum atomic E-state index is 12.9. The van der Waals surface area contributed by atoms with Crippen LogP contribution in [-0.2, 0) is 24.9 Å². The van der Waals surface area contributed by atoms with E-state index < -0.39 is 13.7 Å². The topological polar surface area (TPSA) is 120 Å². The minimum absolute atomic E-state index is 0.0881. The predicted octanol–water partition coefficient (Wildman–Crippen LogP) is 5.98. The van der Waals surface area contributed by atoms with Crippen LogP contribution in [-0.4, -0.2) is 43.5 Å². The molecule has 0 fully saturated rings. The third kappa shape index (κ3) is 7.67. The van der Waals surface area contributed by atoms with Gasteiger partial charge in [0.1, 0.15) is 6.29 Å². The Morgan fingerprint density at radius 3 is 2.16 bits per heavy atom. The zero-order chi connectivity index (χ0) is 26.8. The number of hydrogen-bond donors (Lipinski definition) is 2. The van der Waals surface area contributed by atoms with E-state index in [-0.39, 0.29) is 32.0 Å². The highest BCUT2D eigenvalue weighted by Crippen LogP contribution is 2.48. The number of methoxy groups -OCH3 is 1. The fourth-order valence-electron chi connectivity index (χ4n) is 3.67. The largest absolute Gasteiger partial charge is 0.453 e. The molecule has 3 aromatic rings. The number of nitrogen functional groups attached to an aromatic ring is 1. The van der Waals surface area contributed by atoms with Gasteiger partial charge in [0, 0.05) is 12.1 Å². The molecule has 0 saturated heterocycles. The molecular formula is C27H32N3O6P. The molecule has 0 atom stereocenters. The first-order valence-electron chi connectivity index (χ1n) is 11.8. The number of amides is 2. The molecule has 0 heterocycles.